The highest BCUT2D eigenvalue weighted by atomic mass is 35.5. The highest BCUT2D eigenvalue weighted by molar-refractivity contribution is 5.98. The number of hydrogen-bond acceptors (Lipinski definition) is 4. The van der Waals surface area contributed by atoms with Crippen molar-refractivity contribution in [3.63, 3.8) is 0 Å². The van der Waals surface area contributed by atoms with E-state index in [0.717, 1.165) is 18.9 Å². The Morgan fingerprint density at radius 1 is 1.42 bits per heavy atom. The predicted molar refractivity (Wildman–Crippen MR) is 83.3 cm³/mol. The van der Waals surface area contributed by atoms with Gasteiger partial charge in [-0.3, -0.25) is 14.9 Å². The zero-order valence-electron chi connectivity index (χ0n) is 12.8. The number of piperidine rings is 1. The van der Waals surface area contributed by atoms with Crippen LogP contribution in [0, 0.1) is 10.1 Å². The van der Waals surface area contributed by atoms with Gasteiger partial charge in [-0.05, 0) is 32.0 Å². The molecule has 1 N–H and O–H groups in total. The molecule has 0 bridgehead atoms. The van der Waals surface area contributed by atoms with Gasteiger partial charge in [0.15, 0.2) is 0 Å². The van der Waals surface area contributed by atoms with E-state index in [1.165, 1.54) is 4.90 Å². The Morgan fingerprint density at radius 2 is 2.08 bits per heavy atom. The molecule has 1 fully saturated rings. The SMILES string of the molecule is CNC1CCCN(C(=O)c2ccc(C(F)(F)F)cc2[N+](=O)[O-])C1.Cl. The molecule has 1 heterocycles. The van der Waals surface area contributed by atoms with E-state index in [0.29, 0.717) is 25.2 Å². The summed E-state index contributed by atoms with van der Waals surface area (Å²) < 4.78 is 38.1. The first-order chi connectivity index (χ1) is 10.7. The highest BCUT2D eigenvalue weighted by Crippen LogP contribution is 2.33. The van der Waals surface area contributed by atoms with Crippen LogP contribution in [0.4, 0.5) is 18.9 Å². The molecule has 1 aromatic carbocycles. The van der Waals surface area contributed by atoms with Crippen LogP contribution in [0.25, 0.3) is 0 Å². The third-order valence-corrected chi connectivity index (χ3v) is 3.87. The largest absolute Gasteiger partial charge is 0.416 e. The third kappa shape index (κ3) is 4.35. The van der Waals surface area contributed by atoms with Gasteiger partial charge < -0.3 is 10.2 Å². The summed E-state index contributed by atoms with van der Waals surface area (Å²) in [6.45, 7) is 0.794. The Labute approximate surface area is 142 Å². The Kier molecular flexibility index (Phi) is 6.56. The summed E-state index contributed by atoms with van der Waals surface area (Å²) in [6.07, 6.45) is -3.10. The number of nitrogens with one attached hydrogen (secondary N) is 1. The fourth-order valence-electron chi connectivity index (χ4n) is 2.61. The van der Waals surface area contributed by atoms with Gasteiger partial charge in [-0.1, -0.05) is 0 Å². The summed E-state index contributed by atoms with van der Waals surface area (Å²) in [5.41, 5.74) is -2.29. The quantitative estimate of drug-likeness (QED) is 0.658. The van der Waals surface area contributed by atoms with Gasteiger partial charge in [0.25, 0.3) is 11.6 Å². The van der Waals surface area contributed by atoms with Crippen LogP contribution in [0.1, 0.15) is 28.8 Å². The van der Waals surface area contributed by atoms with Crippen molar-refractivity contribution in [2.75, 3.05) is 20.1 Å². The van der Waals surface area contributed by atoms with E-state index in [-0.39, 0.29) is 24.0 Å². The van der Waals surface area contributed by atoms with Crippen LogP contribution in [0.5, 0.6) is 0 Å². The number of rotatable bonds is 3. The van der Waals surface area contributed by atoms with Gasteiger partial charge in [-0.2, -0.15) is 13.2 Å². The summed E-state index contributed by atoms with van der Waals surface area (Å²) in [5, 5.41) is 14.1. The molecular formula is C14H17ClF3N3O3. The zero-order chi connectivity index (χ0) is 17.2. The van der Waals surface area contributed by atoms with E-state index in [2.05, 4.69) is 5.32 Å². The van der Waals surface area contributed by atoms with E-state index in [9.17, 15) is 28.1 Å². The van der Waals surface area contributed by atoms with Crippen molar-refractivity contribution < 1.29 is 22.9 Å². The standard InChI is InChI=1S/C14H16F3N3O3.ClH/c1-18-10-3-2-6-19(8-10)13(21)11-5-4-9(14(15,16)17)7-12(11)20(22)23;/h4-5,7,10,18H,2-3,6,8H2,1H3;1H. The number of carbonyl (C=O) groups excluding carboxylic acids is 1. The molecule has 2 rings (SSSR count). The molecule has 0 aliphatic carbocycles. The van der Waals surface area contributed by atoms with Gasteiger partial charge >= 0.3 is 6.18 Å². The van der Waals surface area contributed by atoms with E-state index >= 15 is 0 Å². The minimum atomic E-state index is -4.70. The van der Waals surface area contributed by atoms with Crippen LogP contribution in [0.15, 0.2) is 18.2 Å². The molecule has 0 saturated carbocycles. The molecule has 1 aromatic rings. The van der Waals surface area contributed by atoms with Crippen molar-refractivity contribution in [1.29, 1.82) is 0 Å². The molecule has 1 saturated heterocycles. The minimum Gasteiger partial charge on any atom is -0.337 e. The molecular weight excluding hydrogens is 351 g/mol. The Balaban J connectivity index is 0.00000288. The number of likely N-dealkylation sites (tertiary alicyclic amines) is 1. The number of nitro benzene ring substituents is 1. The summed E-state index contributed by atoms with van der Waals surface area (Å²) in [4.78, 5) is 24.0. The molecule has 1 unspecified atom stereocenters. The van der Waals surface area contributed by atoms with Crippen molar-refractivity contribution in [2.45, 2.75) is 25.1 Å². The number of carbonyl (C=O) groups is 1. The Morgan fingerprint density at radius 3 is 2.62 bits per heavy atom. The molecule has 6 nitrogen and oxygen atoms in total. The van der Waals surface area contributed by atoms with Crippen molar-refractivity contribution in [3.8, 4) is 0 Å². The summed E-state index contributed by atoms with van der Waals surface area (Å²) in [6, 6.07) is 2.06. The number of benzene rings is 1. The number of alkyl halides is 3. The Bertz CT molecular complexity index is 625. The van der Waals surface area contributed by atoms with Crippen LogP contribution in [-0.2, 0) is 6.18 Å². The lowest BCUT2D eigenvalue weighted by Gasteiger charge is -2.32. The molecule has 1 atom stereocenters. The number of halogens is 4. The maximum Gasteiger partial charge on any atom is 0.416 e. The third-order valence-electron chi connectivity index (χ3n) is 3.87. The molecule has 1 aliphatic rings. The van der Waals surface area contributed by atoms with Crippen molar-refractivity contribution >= 4 is 24.0 Å². The minimum absolute atomic E-state index is 0. The summed E-state index contributed by atoms with van der Waals surface area (Å²) >= 11 is 0. The average Bonchev–Trinajstić information content (AvgIpc) is 2.52. The predicted octanol–water partition coefficient (Wildman–Crippen LogP) is 2.86. The first-order valence-electron chi connectivity index (χ1n) is 7.06. The second-order valence-electron chi connectivity index (χ2n) is 5.37. The topological polar surface area (TPSA) is 75.5 Å². The van der Waals surface area contributed by atoms with Crippen LogP contribution < -0.4 is 5.32 Å². The van der Waals surface area contributed by atoms with Crippen molar-refractivity contribution in [1.82, 2.24) is 10.2 Å². The molecule has 1 amide bonds. The van der Waals surface area contributed by atoms with Gasteiger partial charge in [-0.15, -0.1) is 12.4 Å². The second kappa shape index (κ2) is 7.80. The lowest BCUT2D eigenvalue weighted by Crippen LogP contribution is -2.47. The molecule has 0 radical (unpaired) electrons. The van der Waals surface area contributed by atoms with Crippen molar-refractivity contribution in [3.05, 3.63) is 39.4 Å². The van der Waals surface area contributed by atoms with Crippen LogP contribution in [0.3, 0.4) is 0 Å². The monoisotopic (exact) mass is 367 g/mol. The normalized spacial score (nSPS) is 18.0. The van der Waals surface area contributed by atoms with Crippen molar-refractivity contribution in [2.24, 2.45) is 0 Å². The number of nitrogens with zero attached hydrogens (tertiary/aromatic N) is 2. The number of likely N-dealkylation sites (N-methyl/N-ethyl adjacent to an activating group) is 1. The van der Waals surface area contributed by atoms with E-state index in [1.54, 1.807) is 7.05 Å². The van der Waals surface area contributed by atoms with E-state index in [4.69, 9.17) is 0 Å². The maximum absolute atomic E-state index is 12.7. The van der Waals surface area contributed by atoms with Gasteiger partial charge in [0.2, 0.25) is 0 Å². The lowest BCUT2D eigenvalue weighted by atomic mass is 10.0. The second-order valence-corrected chi connectivity index (χ2v) is 5.37. The van der Waals surface area contributed by atoms with Gasteiger partial charge in [0, 0.05) is 25.2 Å². The fourth-order valence-corrected chi connectivity index (χ4v) is 2.61. The molecule has 1 aliphatic heterocycles. The first-order valence-corrected chi connectivity index (χ1v) is 7.06. The molecule has 10 heteroatoms. The first kappa shape index (κ1) is 20.2. The zero-order valence-corrected chi connectivity index (χ0v) is 13.6. The summed E-state index contributed by atoms with van der Waals surface area (Å²) in [5.74, 6) is -0.620. The van der Waals surface area contributed by atoms with Crippen LogP contribution >= 0.6 is 12.4 Å². The maximum atomic E-state index is 12.7. The summed E-state index contributed by atoms with van der Waals surface area (Å²) in [7, 11) is 1.75. The van der Waals surface area contributed by atoms with Gasteiger partial charge in [0.05, 0.1) is 10.5 Å². The van der Waals surface area contributed by atoms with Crippen LogP contribution in [0.2, 0.25) is 0 Å². The number of amides is 1. The molecule has 0 spiro atoms. The van der Waals surface area contributed by atoms with E-state index < -0.39 is 28.3 Å². The fraction of sp³-hybridized carbons (Fsp3) is 0.500. The molecule has 24 heavy (non-hydrogen) atoms. The molecule has 0 aromatic heterocycles. The number of nitro groups is 1. The van der Waals surface area contributed by atoms with Gasteiger partial charge in [-0.25, -0.2) is 0 Å². The smallest absolute Gasteiger partial charge is 0.337 e. The van der Waals surface area contributed by atoms with Crippen LogP contribution in [-0.4, -0.2) is 41.9 Å². The van der Waals surface area contributed by atoms with Gasteiger partial charge in [0.1, 0.15) is 5.56 Å². The Hall–Kier alpha value is -1.87. The van der Waals surface area contributed by atoms with E-state index in [1.807, 2.05) is 0 Å². The average molecular weight is 368 g/mol. The lowest BCUT2D eigenvalue weighted by molar-refractivity contribution is -0.385. The molecule has 134 valence electrons. The highest BCUT2D eigenvalue weighted by Gasteiger charge is 2.35. The number of hydrogen-bond donors (Lipinski definition) is 1.